The van der Waals surface area contributed by atoms with Crippen molar-refractivity contribution in [1.82, 2.24) is 4.90 Å². The molecule has 2 fully saturated rings. The highest BCUT2D eigenvalue weighted by molar-refractivity contribution is 9.10. The van der Waals surface area contributed by atoms with Crippen LogP contribution in [0.15, 0.2) is 22.7 Å². The zero-order valence-corrected chi connectivity index (χ0v) is 12.8. The lowest BCUT2D eigenvalue weighted by Gasteiger charge is -2.29. The third kappa shape index (κ3) is 2.61. The van der Waals surface area contributed by atoms with Crippen LogP contribution in [0.5, 0.6) is 0 Å². The van der Waals surface area contributed by atoms with E-state index in [-0.39, 0.29) is 11.9 Å². The molecule has 20 heavy (non-hydrogen) atoms. The Hall–Kier alpha value is -0.940. The van der Waals surface area contributed by atoms with Crippen LogP contribution in [0.4, 0.5) is 4.39 Å². The van der Waals surface area contributed by atoms with E-state index in [2.05, 4.69) is 15.9 Å². The SMILES string of the molecule is NC1CCCC2CN(C(=O)c3cc(F)cc(Br)c3)CC12. The minimum atomic E-state index is -0.393. The molecular formula is C15H18BrFN2O. The summed E-state index contributed by atoms with van der Waals surface area (Å²) in [6.45, 7) is 1.46. The maximum Gasteiger partial charge on any atom is 0.254 e. The van der Waals surface area contributed by atoms with E-state index in [9.17, 15) is 9.18 Å². The standard InChI is InChI=1S/C15H18BrFN2O/c16-11-4-10(5-12(17)6-11)15(20)19-7-9-2-1-3-14(18)13(9)8-19/h4-6,9,13-14H,1-3,7-8,18H2. The van der Waals surface area contributed by atoms with Gasteiger partial charge in [0.05, 0.1) is 0 Å². The monoisotopic (exact) mass is 340 g/mol. The number of hydrogen-bond donors (Lipinski definition) is 1. The molecule has 2 aliphatic rings. The molecule has 1 saturated carbocycles. The summed E-state index contributed by atoms with van der Waals surface area (Å²) in [4.78, 5) is 14.3. The Balaban J connectivity index is 1.78. The van der Waals surface area contributed by atoms with E-state index in [0.29, 0.717) is 28.4 Å². The maximum atomic E-state index is 13.4. The van der Waals surface area contributed by atoms with Gasteiger partial charge in [0, 0.05) is 29.2 Å². The molecule has 1 amide bonds. The van der Waals surface area contributed by atoms with Crippen LogP contribution >= 0.6 is 15.9 Å². The molecule has 2 N–H and O–H groups in total. The summed E-state index contributed by atoms with van der Waals surface area (Å²) in [6, 6.07) is 4.53. The van der Waals surface area contributed by atoms with Gasteiger partial charge in [-0.05, 0) is 42.9 Å². The number of carbonyl (C=O) groups is 1. The Kier molecular flexibility index (Phi) is 3.82. The second kappa shape index (κ2) is 5.45. The lowest BCUT2D eigenvalue weighted by molar-refractivity contribution is 0.0783. The minimum absolute atomic E-state index is 0.0909. The number of amides is 1. The topological polar surface area (TPSA) is 46.3 Å². The Bertz CT molecular complexity index is 516. The van der Waals surface area contributed by atoms with Crippen LogP contribution in [0, 0.1) is 17.7 Å². The van der Waals surface area contributed by atoms with Gasteiger partial charge in [-0.1, -0.05) is 22.4 Å². The van der Waals surface area contributed by atoms with Crippen LogP contribution < -0.4 is 5.73 Å². The highest BCUT2D eigenvalue weighted by atomic mass is 79.9. The lowest BCUT2D eigenvalue weighted by atomic mass is 9.78. The van der Waals surface area contributed by atoms with Gasteiger partial charge < -0.3 is 10.6 Å². The van der Waals surface area contributed by atoms with Gasteiger partial charge in [0.25, 0.3) is 5.91 Å². The summed E-state index contributed by atoms with van der Waals surface area (Å²) in [5, 5.41) is 0. The van der Waals surface area contributed by atoms with E-state index in [1.54, 1.807) is 6.07 Å². The molecule has 1 aliphatic heterocycles. The third-order valence-electron chi connectivity index (χ3n) is 4.55. The highest BCUT2D eigenvalue weighted by Gasteiger charge is 2.40. The predicted octanol–water partition coefficient (Wildman–Crippen LogP) is 2.79. The Morgan fingerprint density at radius 1 is 1.30 bits per heavy atom. The number of halogens is 2. The summed E-state index contributed by atoms with van der Waals surface area (Å²) >= 11 is 3.23. The summed E-state index contributed by atoms with van der Waals surface area (Å²) in [7, 11) is 0. The first kappa shape index (κ1) is 14.0. The molecular weight excluding hydrogens is 323 g/mol. The van der Waals surface area contributed by atoms with Crippen LogP contribution in [0.3, 0.4) is 0 Å². The van der Waals surface area contributed by atoms with Crippen LogP contribution in [0.2, 0.25) is 0 Å². The van der Waals surface area contributed by atoms with Gasteiger partial charge >= 0.3 is 0 Å². The molecule has 0 spiro atoms. The predicted molar refractivity (Wildman–Crippen MR) is 78.8 cm³/mol. The van der Waals surface area contributed by atoms with E-state index >= 15 is 0 Å². The number of likely N-dealkylation sites (tertiary alicyclic amines) is 1. The van der Waals surface area contributed by atoms with Crippen molar-refractivity contribution >= 4 is 21.8 Å². The zero-order chi connectivity index (χ0) is 14.3. The third-order valence-corrected chi connectivity index (χ3v) is 5.01. The van der Waals surface area contributed by atoms with Gasteiger partial charge in [0.15, 0.2) is 0 Å². The highest BCUT2D eigenvalue weighted by Crippen LogP contribution is 2.36. The number of nitrogens with zero attached hydrogens (tertiary/aromatic N) is 1. The molecule has 5 heteroatoms. The number of rotatable bonds is 1. The van der Waals surface area contributed by atoms with E-state index < -0.39 is 5.82 Å². The van der Waals surface area contributed by atoms with E-state index in [0.717, 1.165) is 25.8 Å². The van der Waals surface area contributed by atoms with Gasteiger partial charge in [-0.2, -0.15) is 0 Å². The Labute approximate surface area is 126 Å². The summed E-state index contributed by atoms with van der Waals surface area (Å²) in [6.07, 6.45) is 3.35. The molecule has 3 unspecified atom stereocenters. The molecule has 1 saturated heterocycles. The second-order valence-electron chi connectivity index (χ2n) is 5.89. The number of benzene rings is 1. The van der Waals surface area contributed by atoms with Crippen molar-refractivity contribution in [2.24, 2.45) is 17.6 Å². The van der Waals surface area contributed by atoms with Crippen molar-refractivity contribution in [2.45, 2.75) is 25.3 Å². The first-order valence-electron chi connectivity index (χ1n) is 7.05. The number of hydrogen-bond acceptors (Lipinski definition) is 2. The Morgan fingerprint density at radius 2 is 2.10 bits per heavy atom. The molecule has 3 nitrogen and oxygen atoms in total. The van der Waals surface area contributed by atoms with Crippen LogP contribution in [-0.4, -0.2) is 29.9 Å². The molecule has 1 heterocycles. The zero-order valence-electron chi connectivity index (χ0n) is 11.2. The number of nitrogens with two attached hydrogens (primary N) is 1. The minimum Gasteiger partial charge on any atom is -0.338 e. The number of carbonyl (C=O) groups excluding carboxylic acids is 1. The summed E-state index contributed by atoms with van der Waals surface area (Å²) in [5.74, 6) is 0.437. The fourth-order valence-electron chi connectivity index (χ4n) is 3.54. The quantitative estimate of drug-likeness (QED) is 0.854. The second-order valence-corrected chi connectivity index (χ2v) is 6.80. The van der Waals surface area contributed by atoms with Crippen LogP contribution in [0.25, 0.3) is 0 Å². The molecule has 3 atom stereocenters. The molecule has 0 bridgehead atoms. The summed E-state index contributed by atoms with van der Waals surface area (Å²) < 4.78 is 14.0. The van der Waals surface area contributed by atoms with Crippen molar-refractivity contribution in [3.05, 3.63) is 34.1 Å². The average molecular weight is 341 g/mol. The van der Waals surface area contributed by atoms with Gasteiger partial charge in [0.2, 0.25) is 0 Å². The first-order chi connectivity index (χ1) is 9.54. The van der Waals surface area contributed by atoms with Crippen LogP contribution in [-0.2, 0) is 0 Å². The van der Waals surface area contributed by atoms with Crippen molar-refractivity contribution in [2.75, 3.05) is 13.1 Å². The molecule has 3 rings (SSSR count). The fraction of sp³-hybridized carbons (Fsp3) is 0.533. The number of fused-ring (bicyclic) bond motifs is 1. The maximum absolute atomic E-state index is 13.4. The smallest absolute Gasteiger partial charge is 0.254 e. The van der Waals surface area contributed by atoms with E-state index in [4.69, 9.17) is 5.73 Å². The Morgan fingerprint density at radius 3 is 2.80 bits per heavy atom. The van der Waals surface area contributed by atoms with Crippen LogP contribution in [0.1, 0.15) is 29.6 Å². The molecule has 108 valence electrons. The van der Waals surface area contributed by atoms with Gasteiger partial charge in [-0.3, -0.25) is 4.79 Å². The fourth-order valence-corrected chi connectivity index (χ4v) is 4.01. The van der Waals surface area contributed by atoms with Gasteiger partial charge in [0.1, 0.15) is 5.82 Å². The van der Waals surface area contributed by atoms with E-state index in [1.807, 2.05) is 4.90 Å². The molecule has 0 aromatic heterocycles. The van der Waals surface area contributed by atoms with Crippen molar-refractivity contribution in [3.63, 3.8) is 0 Å². The van der Waals surface area contributed by atoms with Gasteiger partial charge in [-0.25, -0.2) is 4.39 Å². The molecule has 1 aromatic rings. The average Bonchev–Trinajstić information content (AvgIpc) is 2.82. The van der Waals surface area contributed by atoms with E-state index in [1.165, 1.54) is 12.1 Å². The lowest BCUT2D eigenvalue weighted by Crippen LogP contribution is -2.38. The summed E-state index contributed by atoms with van der Waals surface area (Å²) in [5.41, 5.74) is 6.57. The molecule has 0 radical (unpaired) electrons. The first-order valence-corrected chi connectivity index (χ1v) is 7.85. The van der Waals surface area contributed by atoms with Crippen molar-refractivity contribution in [1.29, 1.82) is 0 Å². The normalized spacial score (nSPS) is 29.4. The largest absolute Gasteiger partial charge is 0.338 e. The van der Waals surface area contributed by atoms with Crippen molar-refractivity contribution < 1.29 is 9.18 Å². The molecule has 1 aromatic carbocycles. The van der Waals surface area contributed by atoms with Gasteiger partial charge in [-0.15, -0.1) is 0 Å². The van der Waals surface area contributed by atoms with Crippen molar-refractivity contribution in [3.8, 4) is 0 Å². The molecule has 1 aliphatic carbocycles.